The number of hydrogen-bond donors (Lipinski definition) is 2. The Hall–Kier alpha value is -1.70. The van der Waals surface area contributed by atoms with E-state index >= 15 is 0 Å². The monoisotopic (exact) mass is 321 g/mol. The topological polar surface area (TPSA) is 62.2 Å². The largest absolute Gasteiger partial charge is 0.394 e. The van der Waals surface area contributed by atoms with E-state index in [1.54, 1.807) is 11.3 Å². The molecule has 0 aliphatic rings. The summed E-state index contributed by atoms with van der Waals surface area (Å²) in [7, 11) is 0. The second-order valence-electron chi connectivity index (χ2n) is 4.37. The lowest BCUT2D eigenvalue weighted by atomic mass is 10.1. The number of thiophene rings is 1. The third-order valence-corrected chi connectivity index (χ3v) is 3.77. The zero-order chi connectivity index (χ0) is 15.8. The Labute approximate surface area is 133 Å². The van der Waals surface area contributed by atoms with Crippen LogP contribution in [0.3, 0.4) is 0 Å². The molecule has 0 aliphatic carbocycles. The fourth-order valence-electron chi connectivity index (χ4n) is 1.81. The summed E-state index contributed by atoms with van der Waals surface area (Å²) in [4.78, 5) is 11.7. The molecule has 1 aromatic carbocycles. The maximum absolute atomic E-state index is 8.84. The molecule has 6 heteroatoms. The second kappa shape index (κ2) is 8.67. The van der Waals surface area contributed by atoms with E-state index in [2.05, 4.69) is 6.58 Å². The summed E-state index contributed by atoms with van der Waals surface area (Å²) < 4.78 is 0. The Morgan fingerprint density at radius 2 is 1.68 bits per heavy atom. The van der Waals surface area contributed by atoms with Gasteiger partial charge >= 0.3 is 0 Å². The minimum Gasteiger partial charge on any atom is -0.394 e. The molecule has 118 valence electrons. The van der Waals surface area contributed by atoms with Gasteiger partial charge in [-0.3, -0.25) is 0 Å². The Bertz CT molecular complexity index is 560. The average molecular weight is 321 g/mol. The van der Waals surface area contributed by atoms with E-state index in [-0.39, 0.29) is 26.4 Å². The van der Waals surface area contributed by atoms with Gasteiger partial charge in [-0.05, 0) is 34.7 Å². The number of rotatable bonds is 9. The molecule has 0 fully saturated rings. The lowest BCUT2D eigenvalue weighted by molar-refractivity contribution is -0.103. The molecule has 0 saturated heterocycles. The molecule has 0 aliphatic heterocycles. The summed E-state index contributed by atoms with van der Waals surface area (Å²) >= 11 is 1.64. The van der Waals surface area contributed by atoms with Crippen molar-refractivity contribution in [3.63, 3.8) is 0 Å². The molecule has 0 atom stereocenters. The lowest BCUT2D eigenvalue weighted by Gasteiger charge is -2.22. The molecule has 0 saturated carbocycles. The first kappa shape index (κ1) is 16.7. The van der Waals surface area contributed by atoms with Gasteiger partial charge in [0.2, 0.25) is 0 Å². The molecule has 1 aromatic heterocycles. The predicted octanol–water partition coefficient (Wildman–Crippen LogP) is 2.46. The zero-order valence-corrected chi connectivity index (χ0v) is 13.0. The number of anilines is 1. The van der Waals surface area contributed by atoms with Crippen LogP contribution < -0.4 is 5.23 Å². The summed E-state index contributed by atoms with van der Waals surface area (Å²) in [5, 5.41) is 20.9. The fourth-order valence-corrected chi connectivity index (χ4v) is 2.53. The van der Waals surface area contributed by atoms with E-state index in [1.807, 2.05) is 41.8 Å². The zero-order valence-electron chi connectivity index (χ0n) is 12.1. The smallest absolute Gasteiger partial charge is 0.101 e. The van der Waals surface area contributed by atoms with Gasteiger partial charge in [0.1, 0.15) is 13.2 Å². The molecule has 1 heterocycles. The maximum atomic E-state index is 8.84. The number of aliphatic hydroxyl groups is 2. The molecule has 5 nitrogen and oxygen atoms in total. The van der Waals surface area contributed by atoms with Crippen LogP contribution in [0.2, 0.25) is 0 Å². The average Bonchev–Trinajstić information content (AvgIpc) is 3.09. The van der Waals surface area contributed by atoms with Crippen molar-refractivity contribution >= 4 is 22.6 Å². The van der Waals surface area contributed by atoms with Crippen LogP contribution in [0.4, 0.5) is 5.69 Å². The highest BCUT2D eigenvalue weighted by molar-refractivity contribution is 7.11. The third-order valence-electron chi connectivity index (χ3n) is 2.84. The van der Waals surface area contributed by atoms with E-state index in [1.165, 1.54) is 5.23 Å². The quantitative estimate of drug-likeness (QED) is 0.695. The molecule has 0 radical (unpaired) electrons. The van der Waals surface area contributed by atoms with Gasteiger partial charge in [0.05, 0.1) is 18.9 Å². The molecule has 22 heavy (non-hydrogen) atoms. The Morgan fingerprint density at radius 1 is 1.05 bits per heavy atom. The molecule has 0 unspecified atom stereocenters. The van der Waals surface area contributed by atoms with Crippen LogP contribution in [0.5, 0.6) is 0 Å². The molecular weight excluding hydrogens is 302 g/mol. The molecule has 0 amide bonds. The number of hydrogen-bond acceptors (Lipinski definition) is 6. The standard InChI is InChI=1S/C16H19NO4S/c1-13(16-3-2-12-22-16)14-4-6-15(7-5-14)17(20-10-8-18)21-11-9-19/h2-7,12,18-19H,1,8-11H2. The first-order valence-corrected chi connectivity index (χ1v) is 7.75. The highest BCUT2D eigenvalue weighted by Crippen LogP contribution is 2.27. The van der Waals surface area contributed by atoms with Gasteiger partial charge in [0, 0.05) is 4.88 Å². The van der Waals surface area contributed by atoms with Crippen LogP contribution in [0.15, 0.2) is 48.4 Å². The molecule has 2 rings (SSSR count). The summed E-state index contributed by atoms with van der Waals surface area (Å²) in [6.07, 6.45) is 0. The van der Waals surface area contributed by atoms with Crippen LogP contribution in [0.1, 0.15) is 10.4 Å². The van der Waals surface area contributed by atoms with Gasteiger partial charge in [-0.2, -0.15) is 0 Å². The summed E-state index contributed by atoms with van der Waals surface area (Å²) in [6, 6.07) is 11.5. The third kappa shape index (κ3) is 4.40. The van der Waals surface area contributed by atoms with Gasteiger partial charge in [-0.1, -0.05) is 24.8 Å². The summed E-state index contributed by atoms with van der Waals surface area (Å²) in [5.41, 5.74) is 2.64. The van der Waals surface area contributed by atoms with Gasteiger partial charge in [-0.15, -0.1) is 16.6 Å². The molecule has 0 bridgehead atoms. The normalized spacial score (nSPS) is 10.6. The summed E-state index contributed by atoms with van der Waals surface area (Å²) in [5.74, 6) is 0. The number of aliphatic hydroxyl groups excluding tert-OH is 2. The predicted molar refractivity (Wildman–Crippen MR) is 87.5 cm³/mol. The van der Waals surface area contributed by atoms with Gasteiger partial charge < -0.3 is 10.2 Å². The minimum absolute atomic E-state index is 0.106. The Morgan fingerprint density at radius 3 is 2.18 bits per heavy atom. The van der Waals surface area contributed by atoms with Gasteiger partial charge in [-0.25, -0.2) is 9.68 Å². The maximum Gasteiger partial charge on any atom is 0.101 e. The molecule has 0 spiro atoms. The lowest BCUT2D eigenvalue weighted by Crippen LogP contribution is -2.27. The van der Waals surface area contributed by atoms with Crippen LogP contribution in [0.25, 0.3) is 5.57 Å². The number of benzene rings is 1. The highest BCUT2D eigenvalue weighted by atomic mass is 32.1. The molecule has 2 aromatic rings. The minimum atomic E-state index is -0.119. The SMILES string of the molecule is C=C(c1ccc(N(OCCO)OCCO)cc1)c1cccs1. The Kier molecular flexibility index (Phi) is 6.57. The van der Waals surface area contributed by atoms with E-state index in [9.17, 15) is 0 Å². The van der Waals surface area contributed by atoms with Crippen molar-refractivity contribution in [3.05, 3.63) is 58.8 Å². The Balaban J connectivity index is 2.09. The van der Waals surface area contributed by atoms with Crippen LogP contribution in [0, 0.1) is 0 Å². The van der Waals surface area contributed by atoms with E-state index in [4.69, 9.17) is 19.9 Å². The second-order valence-corrected chi connectivity index (χ2v) is 5.32. The highest BCUT2D eigenvalue weighted by Gasteiger charge is 2.09. The van der Waals surface area contributed by atoms with Crippen LogP contribution >= 0.6 is 11.3 Å². The van der Waals surface area contributed by atoms with Crippen LogP contribution in [-0.4, -0.2) is 36.6 Å². The van der Waals surface area contributed by atoms with Gasteiger partial charge in [0.15, 0.2) is 0 Å². The molecule has 2 N–H and O–H groups in total. The summed E-state index contributed by atoms with van der Waals surface area (Å²) in [6.45, 7) is 4.08. The number of nitrogens with zero attached hydrogens (tertiary/aromatic N) is 1. The van der Waals surface area contributed by atoms with Crippen LogP contribution in [-0.2, 0) is 9.68 Å². The van der Waals surface area contributed by atoms with Crippen molar-refractivity contribution in [2.24, 2.45) is 0 Å². The fraction of sp³-hybridized carbons (Fsp3) is 0.250. The van der Waals surface area contributed by atoms with Crippen molar-refractivity contribution < 1.29 is 19.9 Å². The first-order valence-electron chi connectivity index (χ1n) is 6.87. The van der Waals surface area contributed by atoms with E-state index in [0.717, 1.165) is 16.0 Å². The van der Waals surface area contributed by atoms with Crippen molar-refractivity contribution in [1.29, 1.82) is 0 Å². The van der Waals surface area contributed by atoms with Crippen molar-refractivity contribution in [3.8, 4) is 0 Å². The van der Waals surface area contributed by atoms with E-state index < -0.39 is 0 Å². The van der Waals surface area contributed by atoms with Crippen molar-refractivity contribution in [2.45, 2.75) is 0 Å². The molecular formula is C16H19NO4S. The first-order chi connectivity index (χ1) is 10.8. The van der Waals surface area contributed by atoms with Crippen molar-refractivity contribution in [1.82, 2.24) is 0 Å². The van der Waals surface area contributed by atoms with Gasteiger partial charge in [0.25, 0.3) is 0 Å². The van der Waals surface area contributed by atoms with E-state index in [0.29, 0.717) is 5.69 Å². The van der Waals surface area contributed by atoms with Crippen molar-refractivity contribution in [2.75, 3.05) is 31.7 Å².